The molecule has 14 heavy (non-hydrogen) atoms. The average Bonchev–Trinajstić information content (AvgIpc) is 2.09. The first kappa shape index (κ1) is 14.5. The summed E-state index contributed by atoms with van der Waals surface area (Å²) in [5, 5.41) is 0. The van der Waals surface area contributed by atoms with E-state index in [9.17, 15) is 0 Å². The van der Waals surface area contributed by atoms with E-state index in [4.69, 9.17) is 3.79 Å². The minimum Gasteiger partial charge on any atom is -0.504 e. The third-order valence-corrected chi connectivity index (χ3v) is 3.29. The molecule has 0 bridgehead atoms. The van der Waals surface area contributed by atoms with Crippen molar-refractivity contribution in [2.24, 2.45) is 11.8 Å². The Balaban J connectivity index is 3.43. The predicted molar refractivity (Wildman–Crippen MR) is 66.2 cm³/mol. The minimum absolute atomic E-state index is 0.550. The third-order valence-electron chi connectivity index (χ3n) is 2.63. The molecule has 0 spiro atoms. The molecule has 1 nitrogen and oxygen atoms in total. The van der Waals surface area contributed by atoms with Crippen LogP contribution in [-0.2, 0) is 3.79 Å². The van der Waals surface area contributed by atoms with Crippen molar-refractivity contribution in [1.29, 1.82) is 0 Å². The van der Waals surface area contributed by atoms with Gasteiger partial charge in [-0.25, -0.2) is 0 Å². The molecule has 84 valence electrons. The van der Waals surface area contributed by atoms with Crippen molar-refractivity contribution in [1.82, 2.24) is 0 Å². The van der Waals surface area contributed by atoms with Crippen molar-refractivity contribution < 1.29 is 3.79 Å². The Morgan fingerprint density at radius 3 is 1.93 bits per heavy atom. The zero-order valence-corrected chi connectivity index (χ0v) is 12.7. The monoisotopic (exact) mass is 214 g/mol. The first-order chi connectivity index (χ1) is 6.56. The highest BCUT2D eigenvalue weighted by Gasteiger charge is 2.08. The maximum atomic E-state index is 5.61. The van der Waals surface area contributed by atoms with Crippen LogP contribution in [0.25, 0.3) is 0 Å². The van der Waals surface area contributed by atoms with Crippen LogP contribution < -0.4 is 0 Å². The summed E-state index contributed by atoms with van der Waals surface area (Å²) in [6.45, 7) is 9.16. The number of hydrogen-bond donors (Lipinski definition) is 0. The normalized spacial score (nSPS) is 13.9. The van der Waals surface area contributed by atoms with Gasteiger partial charge in [-0.1, -0.05) is 47.0 Å². The van der Waals surface area contributed by atoms with Gasteiger partial charge >= 0.3 is 16.6 Å². The fourth-order valence-electron chi connectivity index (χ4n) is 1.78. The Labute approximate surface area is 98.4 Å². The lowest BCUT2D eigenvalue weighted by Crippen LogP contribution is -2.14. The van der Waals surface area contributed by atoms with Crippen molar-refractivity contribution >= 4 is 16.6 Å². The van der Waals surface area contributed by atoms with E-state index in [-0.39, 0.29) is 0 Å². The van der Waals surface area contributed by atoms with Crippen LogP contribution in [0, 0.1) is 11.8 Å². The molecule has 0 aliphatic rings. The molecule has 0 saturated carbocycles. The van der Waals surface area contributed by atoms with Crippen LogP contribution in [0.3, 0.4) is 0 Å². The lowest BCUT2D eigenvalue weighted by Gasteiger charge is -2.19. The number of rotatable bonds is 8. The number of hydrogen-bond acceptors (Lipinski definition) is 1. The highest BCUT2D eigenvalue weighted by Crippen LogP contribution is 2.15. The smallest absolute Gasteiger partial charge is 0.410 e. The van der Waals surface area contributed by atoms with Gasteiger partial charge < -0.3 is 3.79 Å². The Kier molecular flexibility index (Phi) is 9.08. The summed E-state index contributed by atoms with van der Waals surface area (Å²) in [7, 11) is 0. The van der Waals surface area contributed by atoms with E-state index in [1.165, 1.54) is 32.1 Å². The standard InChI is InChI=1S/C12H25O.Al.2H/c1-10(2)7-5-6-8-12(13)9-11(3)4;;;/h10-12H,5-9H2,1-4H3;;;/q-1;+1;;. The van der Waals surface area contributed by atoms with E-state index in [0.717, 1.165) is 28.5 Å². The van der Waals surface area contributed by atoms with E-state index in [1.54, 1.807) is 0 Å². The maximum absolute atomic E-state index is 5.61. The predicted octanol–water partition coefficient (Wildman–Crippen LogP) is 3.18. The highest BCUT2D eigenvalue weighted by atomic mass is 27.1. The first-order valence-electron chi connectivity index (χ1n) is 6.09. The average molecular weight is 214 g/mol. The summed E-state index contributed by atoms with van der Waals surface area (Å²) >= 11 is 0.893. The van der Waals surface area contributed by atoms with E-state index in [0.29, 0.717) is 6.10 Å². The van der Waals surface area contributed by atoms with E-state index in [2.05, 4.69) is 27.7 Å². The molecule has 0 saturated heterocycles. The molecule has 0 radical (unpaired) electrons. The molecular formula is C12H27AlO. The van der Waals surface area contributed by atoms with Crippen molar-refractivity contribution in [3.05, 3.63) is 0 Å². The quantitative estimate of drug-likeness (QED) is 0.445. The van der Waals surface area contributed by atoms with E-state index < -0.39 is 0 Å². The molecule has 0 heterocycles. The Morgan fingerprint density at radius 1 is 0.929 bits per heavy atom. The van der Waals surface area contributed by atoms with Crippen molar-refractivity contribution in [2.45, 2.75) is 65.9 Å². The van der Waals surface area contributed by atoms with Crippen LogP contribution in [-0.4, -0.2) is 22.7 Å². The highest BCUT2D eigenvalue weighted by molar-refractivity contribution is 5.98. The molecule has 0 amide bonds. The van der Waals surface area contributed by atoms with Crippen LogP contribution in [0.2, 0.25) is 0 Å². The summed E-state index contributed by atoms with van der Waals surface area (Å²) in [4.78, 5) is 0. The third kappa shape index (κ3) is 9.06. The second-order valence-electron chi connectivity index (χ2n) is 5.17. The van der Waals surface area contributed by atoms with Crippen molar-refractivity contribution in [3.8, 4) is 0 Å². The van der Waals surface area contributed by atoms with Gasteiger partial charge in [-0.15, -0.1) is 0 Å². The summed E-state index contributed by atoms with van der Waals surface area (Å²) in [6, 6.07) is 0. The van der Waals surface area contributed by atoms with Crippen LogP contribution in [0.4, 0.5) is 0 Å². The fraction of sp³-hybridized carbons (Fsp3) is 1.00. The molecule has 0 rings (SSSR count). The van der Waals surface area contributed by atoms with E-state index >= 15 is 0 Å². The zero-order chi connectivity index (χ0) is 11.0. The molecule has 0 aromatic rings. The first-order valence-corrected chi connectivity index (χ1v) is 6.90. The fourth-order valence-corrected chi connectivity index (χ4v) is 2.21. The largest absolute Gasteiger partial charge is 0.504 e. The second-order valence-corrected chi connectivity index (χ2v) is 5.64. The summed E-state index contributed by atoms with van der Waals surface area (Å²) in [5.74, 6) is 1.63. The van der Waals surface area contributed by atoms with Gasteiger partial charge in [0.1, 0.15) is 0 Å². The number of unbranched alkanes of at least 4 members (excludes halogenated alkanes) is 1. The van der Waals surface area contributed by atoms with Gasteiger partial charge in [0.15, 0.2) is 0 Å². The summed E-state index contributed by atoms with van der Waals surface area (Å²) in [6.07, 6.45) is 7.15. The second kappa shape index (κ2) is 8.77. The van der Waals surface area contributed by atoms with Crippen molar-refractivity contribution in [3.63, 3.8) is 0 Å². The zero-order valence-electron chi connectivity index (χ0n) is 10.7. The Bertz CT molecular complexity index is 123. The van der Waals surface area contributed by atoms with E-state index in [1.807, 2.05) is 0 Å². The molecule has 0 aromatic carbocycles. The summed E-state index contributed by atoms with van der Waals surface area (Å²) < 4.78 is 5.61. The molecule has 0 aliphatic heterocycles. The van der Waals surface area contributed by atoms with Gasteiger partial charge in [0.25, 0.3) is 0 Å². The van der Waals surface area contributed by atoms with Crippen LogP contribution in [0.1, 0.15) is 59.8 Å². The molecule has 0 aliphatic carbocycles. The Morgan fingerprint density at radius 2 is 1.50 bits per heavy atom. The van der Waals surface area contributed by atoms with Gasteiger partial charge in [0.05, 0.1) is 0 Å². The van der Waals surface area contributed by atoms with Gasteiger partial charge in [-0.3, -0.25) is 0 Å². The molecular weight excluding hydrogens is 187 g/mol. The molecule has 0 fully saturated rings. The van der Waals surface area contributed by atoms with Gasteiger partial charge in [-0.05, 0) is 24.7 Å². The molecule has 0 aromatic heterocycles. The molecule has 1 atom stereocenters. The van der Waals surface area contributed by atoms with Gasteiger partial charge in [0.2, 0.25) is 0 Å². The Hall–Kier alpha value is 0.492. The molecule has 1 unspecified atom stereocenters. The topological polar surface area (TPSA) is 9.23 Å². The summed E-state index contributed by atoms with van der Waals surface area (Å²) in [5.41, 5.74) is 0. The lowest BCUT2D eigenvalue weighted by molar-refractivity contribution is 0.175. The van der Waals surface area contributed by atoms with Gasteiger partial charge in [-0.2, -0.15) is 0 Å². The van der Waals surface area contributed by atoms with Gasteiger partial charge in [0, 0.05) is 6.10 Å². The SMILES string of the molecule is CC(C)CCCCC(CC(C)C)[O][AlH2]. The van der Waals surface area contributed by atoms with Crippen LogP contribution in [0.5, 0.6) is 0 Å². The minimum atomic E-state index is 0.550. The lowest BCUT2D eigenvalue weighted by atomic mass is 9.99. The molecule has 0 N–H and O–H groups in total. The maximum Gasteiger partial charge on any atom is 0.410 e. The van der Waals surface area contributed by atoms with Crippen molar-refractivity contribution in [2.75, 3.05) is 0 Å². The van der Waals surface area contributed by atoms with Crippen LogP contribution >= 0.6 is 0 Å². The molecule has 2 heteroatoms. The van der Waals surface area contributed by atoms with Crippen LogP contribution in [0.15, 0.2) is 0 Å².